The van der Waals surface area contributed by atoms with Crippen molar-refractivity contribution in [2.24, 2.45) is 5.73 Å². The quantitative estimate of drug-likeness (QED) is 0.0280. The van der Waals surface area contributed by atoms with E-state index >= 15 is 0 Å². The molecule has 52 heavy (non-hydrogen) atoms. The van der Waals surface area contributed by atoms with Crippen molar-refractivity contribution in [3.8, 4) is 0 Å². The second kappa shape index (κ2) is 39.2. The van der Waals surface area contributed by atoms with Crippen LogP contribution in [0.2, 0.25) is 0 Å². The van der Waals surface area contributed by atoms with E-state index < -0.39 is 32.5 Å². The van der Waals surface area contributed by atoms with E-state index in [2.05, 4.69) is 42.7 Å². The van der Waals surface area contributed by atoms with Crippen LogP contribution in [-0.2, 0) is 32.7 Å². The Morgan fingerprint density at radius 2 is 0.942 bits per heavy atom. The van der Waals surface area contributed by atoms with Crippen LogP contribution in [0.4, 0.5) is 0 Å². The van der Waals surface area contributed by atoms with E-state index in [1.165, 1.54) is 96.3 Å². The lowest BCUT2D eigenvalue weighted by molar-refractivity contribution is -0.228. The molecule has 0 fully saturated rings. The molecule has 10 heteroatoms. The fraction of sp³-hybridized carbons (Fsp3) is 0.857. The molecule has 0 rings (SSSR count). The number of unbranched alkanes of at least 4 members (excludes halogenated alkanes) is 23. The molecule has 0 amide bonds. The van der Waals surface area contributed by atoms with Gasteiger partial charge in [0.05, 0.1) is 13.2 Å². The van der Waals surface area contributed by atoms with Gasteiger partial charge in [0.1, 0.15) is 6.61 Å². The second-order valence-electron chi connectivity index (χ2n) is 14.2. The van der Waals surface area contributed by atoms with Gasteiger partial charge in [-0.15, -0.1) is 0 Å². The van der Waals surface area contributed by atoms with E-state index in [-0.39, 0.29) is 32.6 Å². The van der Waals surface area contributed by atoms with Crippen molar-refractivity contribution in [2.45, 2.75) is 206 Å². The van der Waals surface area contributed by atoms with Crippen molar-refractivity contribution >= 4 is 19.8 Å². The molecule has 306 valence electrons. The zero-order chi connectivity index (χ0) is 38.2. The molecule has 2 N–H and O–H groups in total. The Labute approximate surface area is 319 Å². The van der Waals surface area contributed by atoms with Crippen molar-refractivity contribution in [1.82, 2.24) is 0 Å². The Hall–Kier alpha value is -1.51. The summed E-state index contributed by atoms with van der Waals surface area (Å²) >= 11 is 0. The van der Waals surface area contributed by atoms with Crippen LogP contribution in [0.1, 0.15) is 200 Å². The highest BCUT2D eigenvalue weighted by molar-refractivity contribution is 7.45. The lowest BCUT2D eigenvalue weighted by Crippen LogP contribution is -2.30. The first-order valence-corrected chi connectivity index (χ1v) is 22.8. The maximum atomic E-state index is 12.5. The summed E-state index contributed by atoms with van der Waals surface area (Å²) in [5, 5.41) is 0. The van der Waals surface area contributed by atoms with Gasteiger partial charge >= 0.3 is 11.9 Å². The monoisotopic (exact) mass is 757 g/mol. The van der Waals surface area contributed by atoms with Crippen molar-refractivity contribution in [3.63, 3.8) is 0 Å². The molecule has 0 spiro atoms. The van der Waals surface area contributed by atoms with E-state index in [1.54, 1.807) is 0 Å². The summed E-state index contributed by atoms with van der Waals surface area (Å²) in [7, 11) is -4.63. The Kier molecular flexibility index (Phi) is 38.1. The molecule has 2 unspecified atom stereocenters. The van der Waals surface area contributed by atoms with Crippen LogP contribution >= 0.6 is 7.82 Å². The van der Waals surface area contributed by atoms with Crippen LogP contribution in [0.15, 0.2) is 24.3 Å². The van der Waals surface area contributed by atoms with Crippen molar-refractivity contribution in [3.05, 3.63) is 24.3 Å². The first-order valence-electron chi connectivity index (χ1n) is 21.3. The minimum Gasteiger partial charge on any atom is -0.756 e. The van der Waals surface area contributed by atoms with Gasteiger partial charge in [-0.3, -0.25) is 14.2 Å². The summed E-state index contributed by atoms with van der Waals surface area (Å²) in [5.74, 6) is -0.880. The molecular weight excluding hydrogens is 677 g/mol. The number of nitrogens with two attached hydrogens (primary N) is 1. The number of phosphoric acid groups is 1. The van der Waals surface area contributed by atoms with E-state index in [0.717, 1.165) is 64.2 Å². The van der Waals surface area contributed by atoms with Crippen LogP contribution in [0.5, 0.6) is 0 Å². The predicted octanol–water partition coefficient (Wildman–Crippen LogP) is 11.4. The van der Waals surface area contributed by atoms with Gasteiger partial charge in [-0.1, -0.05) is 147 Å². The number of carbonyl (C=O) groups is 2. The van der Waals surface area contributed by atoms with Crippen molar-refractivity contribution in [2.75, 3.05) is 26.4 Å². The summed E-state index contributed by atoms with van der Waals surface area (Å²) in [6.45, 7) is 3.52. The zero-order valence-electron chi connectivity index (χ0n) is 33.5. The molecule has 9 nitrogen and oxygen atoms in total. The van der Waals surface area contributed by atoms with Gasteiger partial charge in [0, 0.05) is 19.4 Å². The minimum atomic E-state index is -4.63. The summed E-state index contributed by atoms with van der Waals surface area (Å²) in [5.41, 5.74) is 5.31. The molecule has 0 aromatic heterocycles. The van der Waals surface area contributed by atoms with Gasteiger partial charge in [-0.05, 0) is 64.2 Å². The number of ether oxygens (including phenoxy) is 2. The lowest BCUT2D eigenvalue weighted by atomic mass is 10.1. The number of phosphoric ester groups is 1. The molecule has 0 aliphatic heterocycles. The van der Waals surface area contributed by atoms with Crippen LogP contribution in [0, 0.1) is 0 Å². The van der Waals surface area contributed by atoms with Crippen LogP contribution in [0.3, 0.4) is 0 Å². The molecule has 2 atom stereocenters. The third kappa shape index (κ3) is 38.2. The average molecular weight is 757 g/mol. The van der Waals surface area contributed by atoms with Gasteiger partial charge in [-0.2, -0.15) is 0 Å². The number of hydrogen-bond acceptors (Lipinski definition) is 9. The molecular formula is C42H79NO8P-. The minimum absolute atomic E-state index is 0.0119. The Morgan fingerprint density at radius 3 is 1.37 bits per heavy atom. The Morgan fingerprint density at radius 1 is 0.558 bits per heavy atom. The highest BCUT2D eigenvalue weighted by atomic mass is 31.2. The Balaban J connectivity index is 4.18. The number of carbonyl (C=O) groups excluding carboxylic acids is 2. The third-order valence-corrected chi connectivity index (χ3v) is 10.0. The molecule has 0 aromatic carbocycles. The standard InChI is InChI=1S/C42H80NO8P/c1-3-5-7-9-11-13-15-17-19-21-23-25-27-29-31-33-35-42(45)51-40(39-50-52(46,47)49-37-36-43)38-48-41(44)34-32-30-28-26-24-22-20-18-16-14-12-10-8-6-4-2/h18-21,40H,3-17,22-39,43H2,1-2H3,(H,46,47)/p-1/b20-18-,21-19+. The number of hydrogen-bond donors (Lipinski definition) is 1. The SMILES string of the molecule is CCCCCCCC/C=C\CCCCCCCC(=O)OCC(COP(=O)([O-])OCCN)OC(=O)CCCCCCC/C=C/CCCCCCCCC. The maximum absolute atomic E-state index is 12.5. The van der Waals surface area contributed by atoms with Crippen LogP contribution < -0.4 is 10.6 Å². The first kappa shape index (κ1) is 50.5. The fourth-order valence-electron chi connectivity index (χ4n) is 5.85. The van der Waals surface area contributed by atoms with Crippen molar-refractivity contribution in [1.29, 1.82) is 0 Å². The summed E-state index contributed by atoms with van der Waals surface area (Å²) < 4.78 is 32.4. The van der Waals surface area contributed by atoms with Gasteiger partial charge in [0.25, 0.3) is 7.82 Å². The summed E-state index contributed by atoms with van der Waals surface area (Å²) in [6.07, 6.45) is 40.4. The topological polar surface area (TPSA) is 137 Å². The summed E-state index contributed by atoms with van der Waals surface area (Å²) in [4.78, 5) is 36.9. The zero-order valence-corrected chi connectivity index (χ0v) is 34.4. The molecule has 0 aliphatic rings. The largest absolute Gasteiger partial charge is 0.756 e. The highest BCUT2D eigenvalue weighted by Crippen LogP contribution is 2.38. The summed E-state index contributed by atoms with van der Waals surface area (Å²) in [6, 6.07) is 0. The predicted molar refractivity (Wildman–Crippen MR) is 213 cm³/mol. The molecule has 0 aliphatic carbocycles. The number of esters is 2. The maximum Gasteiger partial charge on any atom is 0.306 e. The van der Waals surface area contributed by atoms with Gasteiger partial charge < -0.3 is 29.1 Å². The average Bonchev–Trinajstić information content (AvgIpc) is 3.13. The van der Waals surface area contributed by atoms with E-state index in [0.29, 0.717) is 12.8 Å². The number of rotatable bonds is 40. The number of allylic oxidation sites excluding steroid dienone is 4. The van der Waals surface area contributed by atoms with Crippen LogP contribution in [0.25, 0.3) is 0 Å². The highest BCUT2D eigenvalue weighted by Gasteiger charge is 2.21. The van der Waals surface area contributed by atoms with E-state index in [1.807, 2.05) is 0 Å². The third-order valence-electron chi connectivity index (χ3n) is 9.05. The molecule has 0 heterocycles. The molecule has 0 saturated carbocycles. The van der Waals surface area contributed by atoms with Crippen LogP contribution in [-0.4, -0.2) is 44.4 Å². The molecule has 0 saturated heterocycles. The first-order chi connectivity index (χ1) is 25.3. The molecule has 0 aromatic rings. The molecule has 0 bridgehead atoms. The molecule has 0 radical (unpaired) electrons. The van der Waals surface area contributed by atoms with Gasteiger partial charge in [0.2, 0.25) is 0 Å². The van der Waals surface area contributed by atoms with Gasteiger partial charge in [0.15, 0.2) is 6.10 Å². The van der Waals surface area contributed by atoms with Gasteiger partial charge in [-0.25, -0.2) is 0 Å². The van der Waals surface area contributed by atoms with E-state index in [4.69, 9.17) is 19.7 Å². The Bertz CT molecular complexity index is 912. The second-order valence-corrected chi connectivity index (χ2v) is 15.6. The normalized spacial score (nSPS) is 13.5. The fourth-order valence-corrected chi connectivity index (χ4v) is 6.60. The van der Waals surface area contributed by atoms with Crippen molar-refractivity contribution < 1.29 is 37.6 Å². The lowest BCUT2D eigenvalue weighted by Gasteiger charge is -2.25. The smallest absolute Gasteiger partial charge is 0.306 e. The van der Waals surface area contributed by atoms with E-state index in [9.17, 15) is 19.0 Å².